The van der Waals surface area contributed by atoms with Crippen LogP contribution in [0.5, 0.6) is 5.75 Å². The Hall–Kier alpha value is -0.520. The summed E-state index contributed by atoms with van der Waals surface area (Å²) < 4.78 is 29.3. The highest BCUT2D eigenvalue weighted by Crippen LogP contribution is 2.54. The van der Waals surface area contributed by atoms with Gasteiger partial charge in [-0.1, -0.05) is 18.2 Å². The summed E-state index contributed by atoms with van der Waals surface area (Å²) >= 11 is 2.04. The molecule has 1 heterocycles. The van der Waals surface area contributed by atoms with Crippen molar-refractivity contribution in [2.24, 2.45) is 0 Å². The van der Waals surface area contributed by atoms with E-state index in [4.69, 9.17) is 13.6 Å². The minimum atomic E-state index is -3.48. The third-order valence-corrected chi connectivity index (χ3v) is 4.00. The lowest BCUT2D eigenvalue weighted by Crippen LogP contribution is -2.10. The molecule has 1 atom stereocenters. The van der Waals surface area contributed by atoms with Crippen molar-refractivity contribution in [1.82, 2.24) is 0 Å². The smallest absolute Gasteiger partial charge is 0.399 e. The van der Waals surface area contributed by atoms with Crippen molar-refractivity contribution in [2.75, 3.05) is 6.61 Å². The van der Waals surface area contributed by atoms with Crippen LogP contribution in [0.25, 0.3) is 0 Å². The van der Waals surface area contributed by atoms with Crippen molar-refractivity contribution in [2.45, 2.75) is 6.42 Å². The molecule has 1 aliphatic rings. The molecule has 0 aromatic heterocycles. The van der Waals surface area contributed by atoms with E-state index in [1.807, 2.05) is 28.7 Å². The summed E-state index contributed by atoms with van der Waals surface area (Å²) in [4.78, 5) is 0. The summed E-state index contributed by atoms with van der Waals surface area (Å²) in [6.07, 6.45) is 0.616. The minimum absolute atomic E-state index is 0.346. The van der Waals surface area contributed by atoms with E-state index in [1.54, 1.807) is 28.3 Å². The molecule has 0 aliphatic carbocycles. The van der Waals surface area contributed by atoms with Crippen LogP contribution in [0.3, 0.4) is 0 Å². The van der Waals surface area contributed by atoms with Crippen molar-refractivity contribution in [3.05, 3.63) is 40.2 Å². The van der Waals surface area contributed by atoms with Gasteiger partial charge in [-0.2, -0.15) is 0 Å². The summed E-state index contributed by atoms with van der Waals surface area (Å²) in [5.41, 5.74) is 0. The molecular formula is C10H10IO4P. The number of phosphoric ester groups is 1. The first-order chi connectivity index (χ1) is 7.72. The van der Waals surface area contributed by atoms with E-state index in [0.717, 1.165) is 0 Å². The van der Waals surface area contributed by atoms with Crippen molar-refractivity contribution >= 4 is 30.4 Å². The molecule has 1 fully saturated rings. The molecule has 1 saturated heterocycles. The van der Waals surface area contributed by atoms with E-state index >= 15 is 0 Å². The van der Waals surface area contributed by atoms with Gasteiger partial charge in [0.15, 0.2) is 0 Å². The molecule has 0 bridgehead atoms. The van der Waals surface area contributed by atoms with Gasteiger partial charge in [-0.15, -0.1) is 0 Å². The third-order valence-electron chi connectivity index (χ3n) is 1.91. The van der Waals surface area contributed by atoms with Crippen LogP contribution in [0.4, 0.5) is 0 Å². The second kappa shape index (κ2) is 5.21. The fraction of sp³-hybridized carbons (Fsp3) is 0.200. The van der Waals surface area contributed by atoms with Gasteiger partial charge in [-0.3, -0.25) is 4.52 Å². The molecule has 6 heteroatoms. The highest BCUT2D eigenvalue weighted by atomic mass is 127. The maximum Gasteiger partial charge on any atom is 0.587 e. The van der Waals surface area contributed by atoms with Crippen LogP contribution in [0.15, 0.2) is 40.2 Å². The molecular weight excluding hydrogens is 342 g/mol. The Kier molecular flexibility index (Phi) is 3.89. The lowest BCUT2D eigenvalue weighted by molar-refractivity contribution is 0.145. The van der Waals surface area contributed by atoms with Crippen LogP contribution in [-0.4, -0.2) is 6.61 Å². The Bertz CT molecular complexity index is 432. The van der Waals surface area contributed by atoms with Crippen LogP contribution in [-0.2, 0) is 13.6 Å². The molecule has 1 aromatic rings. The van der Waals surface area contributed by atoms with Gasteiger partial charge in [-0.05, 0) is 34.7 Å². The van der Waals surface area contributed by atoms with Gasteiger partial charge in [0, 0.05) is 10.5 Å². The van der Waals surface area contributed by atoms with E-state index in [2.05, 4.69) is 0 Å². The summed E-state index contributed by atoms with van der Waals surface area (Å²) in [5.74, 6) is 1.10. The predicted molar refractivity (Wildman–Crippen MR) is 68.4 cm³/mol. The Labute approximate surface area is 107 Å². The first-order valence-electron chi connectivity index (χ1n) is 4.70. The molecule has 0 amide bonds. The second-order valence-corrected chi connectivity index (χ2v) is 5.24. The van der Waals surface area contributed by atoms with Crippen molar-refractivity contribution in [3.63, 3.8) is 0 Å². The topological polar surface area (TPSA) is 44.8 Å². The first kappa shape index (κ1) is 12.0. The molecule has 86 valence electrons. The lowest BCUT2D eigenvalue weighted by atomic mass is 10.3. The highest BCUT2D eigenvalue weighted by Gasteiger charge is 2.34. The molecule has 1 unspecified atom stereocenters. The Balaban J connectivity index is 2.11. The molecule has 0 radical (unpaired) electrons. The average molecular weight is 352 g/mol. The zero-order chi connectivity index (χ0) is 11.4. The molecule has 0 spiro atoms. The quantitative estimate of drug-likeness (QED) is 0.599. The van der Waals surface area contributed by atoms with E-state index in [-0.39, 0.29) is 0 Å². The van der Waals surface area contributed by atoms with Gasteiger partial charge >= 0.3 is 7.82 Å². The normalized spacial score (nSPS) is 27.4. The number of phosphoric acid groups is 1. The van der Waals surface area contributed by atoms with Gasteiger partial charge in [0.05, 0.1) is 6.61 Å². The maximum absolute atomic E-state index is 12.1. The number of halogens is 1. The number of para-hydroxylation sites is 1. The minimum Gasteiger partial charge on any atom is -0.399 e. The predicted octanol–water partition coefficient (Wildman–Crippen LogP) is 3.89. The third kappa shape index (κ3) is 2.99. The van der Waals surface area contributed by atoms with Crippen LogP contribution >= 0.6 is 30.4 Å². The first-order valence-corrected chi connectivity index (χ1v) is 7.40. The van der Waals surface area contributed by atoms with Gasteiger partial charge in [0.2, 0.25) is 0 Å². The fourth-order valence-electron chi connectivity index (χ4n) is 1.20. The van der Waals surface area contributed by atoms with Crippen LogP contribution in [0, 0.1) is 0 Å². The second-order valence-electron chi connectivity index (χ2n) is 3.10. The van der Waals surface area contributed by atoms with Crippen molar-refractivity contribution in [3.8, 4) is 5.75 Å². The average Bonchev–Trinajstić information content (AvgIpc) is 2.29. The van der Waals surface area contributed by atoms with Crippen LogP contribution in [0.1, 0.15) is 6.42 Å². The van der Waals surface area contributed by atoms with Gasteiger partial charge < -0.3 is 9.05 Å². The summed E-state index contributed by atoms with van der Waals surface area (Å²) in [6, 6.07) is 8.84. The van der Waals surface area contributed by atoms with Crippen LogP contribution < -0.4 is 4.52 Å². The van der Waals surface area contributed by atoms with Gasteiger partial charge in [0.1, 0.15) is 11.5 Å². The van der Waals surface area contributed by atoms with Gasteiger partial charge in [0.25, 0.3) is 0 Å². The Morgan fingerprint density at radius 3 is 2.81 bits per heavy atom. The molecule has 1 aromatic carbocycles. The van der Waals surface area contributed by atoms with Crippen molar-refractivity contribution in [1.29, 1.82) is 0 Å². The highest BCUT2D eigenvalue weighted by molar-refractivity contribution is 14.1. The number of hydrogen-bond acceptors (Lipinski definition) is 4. The summed E-state index contributed by atoms with van der Waals surface area (Å²) in [5, 5.41) is 0. The van der Waals surface area contributed by atoms with Gasteiger partial charge in [-0.25, -0.2) is 4.57 Å². The molecule has 4 nitrogen and oxygen atoms in total. The summed E-state index contributed by atoms with van der Waals surface area (Å²) in [6.45, 7) is 0.346. The van der Waals surface area contributed by atoms with Crippen LogP contribution in [0.2, 0.25) is 0 Å². The largest absolute Gasteiger partial charge is 0.587 e. The monoisotopic (exact) mass is 352 g/mol. The standard InChI is InChI=1S/C10H10IO4P/c11-8-10-6-7-13-16(12,15-10)14-9-4-2-1-3-5-9/h1-5,8H,6-7H2/b10-8-. The molecule has 2 rings (SSSR count). The maximum atomic E-state index is 12.1. The van der Waals surface area contributed by atoms with E-state index in [0.29, 0.717) is 24.5 Å². The lowest BCUT2D eigenvalue weighted by Gasteiger charge is -2.24. The van der Waals surface area contributed by atoms with Crippen molar-refractivity contribution < 1.29 is 18.1 Å². The SMILES string of the molecule is O=P1(Oc2ccccc2)OCC/C(=C/I)O1. The van der Waals surface area contributed by atoms with E-state index in [1.165, 1.54) is 0 Å². The molecule has 1 aliphatic heterocycles. The number of benzene rings is 1. The fourth-order valence-corrected chi connectivity index (χ4v) is 3.11. The number of hydrogen-bond donors (Lipinski definition) is 0. The Morgan fingerprint density at radius 2 is 2.12 bits per heavy atom. The summed E-state index contributed by atoms with van der Waals surface area (Å²) in [7, 11) is -3.48. The van der Waals surface area contributed by atoms with E-state index < -0.39 is 7.82 Å². The Morgan fingerprint density at radius 1 is 1.38 bits per heavy atom. The zero-order valence-corrected chi connectivity index (χ0v) is 11.4. The zero-order valence-electron chi connectivity index (χ0n) is 8.34. The molecule has 16 heavy (non-hydrogen) atoms. The molecule has 0 saturated carbocycles. The van der Waals surface area contributed by atoms with E-state index in [9.17, 15) is 4.57 Å². The molecule has 0 N–H and O–H groups in total. The number of rotatable bonds is 2.